The number of rotatable bonds is 3. The maximum absolute atomic E-state index is 13.3. The zero-order chi connectivity index (χ0) is 12.0. The van der Waals surface area contributed by atoms with Crippen molar-refractivity contribution in [3.8, 4) is 0 Å². The molecular formula is C14H17ClFN. The molecule has 1 nitrogen and oxygen atoms in total. The van der Waals surface area contributed by atoms with E-state index in [0.717, 1.165) is 17.4 Å². The van der Waals surface area contributed by atoms with Gasteiger partial charge in [-0.2, -0.15) is 0 Å². The Morgan fingerprint density at radius 3 is 2.76 bits per heavy atom. The molecule has 17 heavy (non-hydrogen) atoms. The highest BCUT2D eigenvalue weighted by molar-refractivity contribution is 6.31. The molecule has 2 saturated carbocycles. The summed E-state index contributed by atoms with van der Waals surface area (Å²) >= 11 is 5.95. The summed E-state index contributed by atoms with van der Waals surface area (Å²) in [5.41, 5.74) is 7.09. The highest BCUT2D eigenvalue weighted by Gasteiger charge is 2.54. The average molecular weight is 254 g/mol. The van der Waals surface area contributed by atoms with Crippen molar-refractivity contribution in [3.05, 3.63) is 34.6 Å². The second-order valence-electron chi connectivity index (χ2n) is 5.42. The number of nitrogens with two attached hydrogens (primary N) is 1. The molecule has 2 aliphatic carbocycles. The lowest BCUT2D eigenvalue weighted by atomic mass is 9.98. The van der Waals surface area contributed by atoms with Gasteiger partial charge in [0.05, 0.1) is 5.02 Å². The third-order valence-corrected chi connectivity index (χ3v) is 4.88. The van der Waals surface area contributed by atoms with Crippen molar-refractivity contribution >= 4 is 11.6 Å². The van der Waals surface area contributed by atoms with E-state index in [0.29, 0.717) is 12.3 Å². The van der Waals surface area contributed by atoms with E-state index >= 15 is 0 Å². The number of fused-ring (bicyclic) bond motifs is 1. The van der Waals surface area contributed by atoms with Crippen LogP contribution in [-0.2, 0) is 6.42 Å². The number of benzene rings is 1. The van der Waals surface area contributed by atoms with Gasteiger partial charge in [-0.1, -0.05) is 30.2 Å². The summed E-state index contributed by atoms with van der Waals surface area (Å²) in [5.74, 6) is 2.00. The Hall–Kier alpha value is -0.600. The van der Waals surface area contributed by atoms with Gasteiger partial charge >= 0.3 is 0 Å². The van der Waals surface area contributed by atoms with Gasteiger partial charge in [0.2, 0.25) is 0 Å². The summed E-state index contributed by atoms with van der Waals surface area (Å²) < 4.78 is 13.3. The van der Waals surface area contributed by atoms with Crippen LogP contribution in [0.2, 0.25) is 5.02 Å². The Morgan fingerprint density at radius 1 is 1.35 bits per heavy atom. The van der Waals surface area contributed by atoms with Gasteiger partial charge in [0.1, 0.15) is 5.82 Å². The number of halogens is 2. The Kier molecular flexibility index (Phi) is 2.87. The molecule has 0 aromatic heterocycles. The maximum Gasteiger partial charge on any atom is 0.142 e. The van der Waals surface area contributed by atoms with Crippen LogP contribution >= 0.6 is 11.6 Å². The summed E-state index contributed by atoms with van der Waals surface area (Å²) in [6, 6.07) is 5.12. The molecule has 92 valence electrons. The third-order valence-electron chi connectivity index (χ3n) is 4.45. The van der Waals surface area contributed by atoms with Crippen LogP contribution in [0.3, 0.4) is 0 Å². The van der Waals surface area contributed by atoms with Crippen LogP contribution in [0.25, 0.3) is 0 Å². The van der Waals surface area contributed by atoms with Crippen LogP contribution < -0.4 is 5.73 Å². The van der Waals surface area contributed by atoms with E-state index in [1.54, 1.807) is 6.07 Å². The average Bonchev–Trinajstić information content (AvgIpc) is 2.79. The summed E-state index contributed by atoms with van der Waals surface area (Å²) in [7, 11) is 0. The standard InChI is InChI=1S/C14H17ClFN/c15-14-8(3-1-6-11(14)16)7-12(17)13-9-4-2-5-10(9)13/h1,3,6,9-10,12-13H,2,4-5,7,17H2. The van der Waals surface area contributed by atoms with E-state index in [2.05, 4.69) is 0 Å². The lowest BCUT2D eigenvalue weighted by molar-refractivity contribution is 0.483. The summed E-state index contributed by atoms with van der Waals surface area (Å²) in [6.07, 6.45) is 4.73. The van der Waals surface area contributed by atoms with E-state index < -0.39 is 0 Å². The Morgan fingerprint density at radius 2 is 2.06 bits per heavy atom. The predicted octanol–water partition coefficient (Wildman–Crippen LogP) is 3.40. The van der Waals surface area contributed by atoms with Crippen LogP contribution in [0.15, 0.2) is 18.2 Å². The van der Waals surface area contributed by atoms with Crippen LogP contribution in [0.5, 0.6) is 0 Å². The molecule has 1 aromatic carbocycles. The molecule has 3 heteroatoms. The van der Waals surface area contributed by atoms with Gasteiger partial charge in [0.15, 0.2) is 0 Å². The molecule has 0 amide bonds. The zero-order valence-corrected chi connectivity index (χ0v) is 10.5. The topological polar surface area (TPSA) is 26.0 Å². The van der Waals surface area contributed by atoms with Crippen LogP contribution in [0.1, 0.15) is 24.8 Å². The molecule has 3 atom stereocenters. The lowest BCUT2D eigenvalue weighted by Gasteiger charge is -2.14. The molecule has 3 rings (SSSR count). The number of hydrogen-bond acceptors (Lipinski definition) is 1. The first-order valence-corrected chi connectivity index (χ1v) is 6.74. The molecule has 0 aliphatic heterocycles. The van der Waals surface area contributed by atoms with Gasteiger partial charge in [-0.15, -0.1) is 0 Å². The second kappa shape index (κ2) is 4.25. The van der Waals surface area contributed by atoms with Gasteiger partial charge in [0, 0.05) is 6.04 Å². The normalized spacial score (nSPS) is 32.3. The maximum atomic E-state index is 13.3. The van der Waals surface area contributed by atoms with E-state index in [-0.39, 0.29) is 16.9 Å². The fraction of sp³-hybridized carbons (Fsp3) is 0.571. The molecule has 2 aliphatic rings. The summed E-state index contributed by atoms with van der Waals surface area (Å²) in [5, 5.41) is 0.244. The van der Waals surface area contributed by atoms with E-state index in [4.69, 9.17) is 17.3 Å². The minimum Gasteiger partial charge on any atom is -0.327 e. The Balaban J connectivity index is 1.69. The molecular weight excluding hydrogens is 237 g/mol. The molecule has 0 radical (unpaired) electrons. The first kappa shape index (κ1) is 11.5. The molecule has 1 aromatic rings. The van der Waals surface area contributed by atoms with Crippen LogP contribution in [0.4, 0.5) is 4.39 Å². The van der Waals surface area contributed by atoms with Crippen molar-refractivity contribution in [2.45, 2.75) is 31.7 Å². The van der Waals surface area contributed by atoms with Gasteiger partial charge < -0.3 is 5.73 Å². The van der Waals surface area contributed by atoms with Crippen molar-refractivity contribution < 1.29 is 4.39 Å². The SMILES string of the molecule is NC(Cc1cccc(F)c1Cl)C1C2CCCC21. The molecule has 0 heterocycles. The Labute approximate surface area is 106 Å². The molecule has 2 N–H and O–H groups in total. The van der Waals surface area contributed by atoms with E-state index in [9.17, 15) is 4.39 Å². The highest BCUT2D eigenvalue weighted by Crippen LogP contribution is 2.58. The summed E-state index contributed by atoms with van der Waals surface area (Å²) in [6.45, 7) is 0. The van der Waals surface area contributed by atoms with Gasteiger partial charge in [-0.3, -0.25) is 0 Å². The second-order valence-corrected chi connectivity index (χ2v) is 5.79. The van der Waals surface area contributed by atoms with Crippen molar-refractivity contribution in [2.75, 3.05) is 0 Å². The van der Waals surface area contributed by atoms with E-state index in [1.165, 1.54) is 25.3 Å². The first-order chi connectivity index (χ1) is 8.18. The predicted molar refractivity (Wildman–Crippen MR) is 67.4 cm³/mol. The van der Waals surface area contributed by atoms with Crippen molar-refractivity contribution in [1.82, 2.24) is 0 Å². The molecule has 0 saturated heterocycles. The van der Waals surface area contributed by atoms with Crippen molar-refractivity contribution in [1.29, 1.82) is 0 Å². The smallest absolute Gasteiger partial charge is 0.142 e. The molecule has 0 bridgehead atoms. The summed E-state index contributed by atoms with van der Waals surface area (Å²) in [4.78, 5) is 0. The molecule has 2 fully saturated rings. The Bertz CT molecular complexity index is 424. The fourth-order valence-electron chi connectivity index (χ4n) is 3.61. The van der Waals surface area contributed by atoms with Crippen LogP contribution in [0, 0.1) is 23.6 Å². The van der Waals surface area contributed by atoms with Gasteiger partial charge in [0.25, 0.3) is 0 Å². The van der Waals surface area contributed by atoms with Gasteiger partial charge in [-0.05, 0) is 48.6 Å². The monoisotopic (exact) mass is 253 g/mol. The molecule has 0 spiro atoms. The van der Waals surface area contributed by atoms with Crippen LogP contribution in [-0.4, -0.2) is 6.04 Å². The largest absolute Gasteiger partial charge is 0.327 e. The van der Waals surface area contributed by atoms with E-state index in [1.807, 2.05) is 6.07 Å². The first-order valence-electron chi connectivity index (χ1n) is 6.37. The minimum atomic E-state index is -0.340. The number of hydrogen-bond donors (Lipinski definition) is 1. The fourth-order valence-corrected chi connectivity index (χ4v) is 3.81. The zero-order valence-electron chi connectivity index (χ0n) is 9.70. The highest BCUT2D eigenvalue weighted by atomic mass is 35.5. The van der Waals surface area contributed by atoms with Crippen molar-refractivity contribution in [2.24, 2.45) is 23.5 Å². The molecule has 3 unspecified atom stereocenters. The minimum absolute atomic E-state index is 0.143. The third kappa shape index (κ3) is 1.98. The lowest BCUT2D eigenvalue weighted by Crippen LogP contribution is -2.27. The quantitative estimate of drug-likeness (QED) is 0.878. The van der Waals surface area contributed by atoms with Crippen molar-refractivity contribution in [3.63, 3.8) is 0 Å². The van der Waals surface area contributed by atoms with Gasteiger partial charge in [-0.25, -0.2) is 4.39 Å².